The molecule has 0 unspecified atom stereocenters. The van der Waals surface area contributed by atoms with Crippen molar-refractivity contribution in [2.75, 3.05) is 26.4 Å². The van der Waals surface area contributed by atoms with Crippen molar-refractivity contribution in [2.24, 2.45) is 0 Å². The minimum atomic E-state index is -0.0323. The monoisotopic (exact) mass is 384 g/mol. The maximum absolute atomic E-state index is 12.5. The predicted octanol–water partition coefficient (Wildman–Crippen LogP) is 3.86. The first-order valence-corrected chi connectivity index (χ1v) is 10.4. The lowest BCUT2D eigenvalue weighted by atomic mass is 10.1. The summed E-state index contributed by atoms with van der Waals surface area (Å²) < 4.78 is 5.91. The van der Waals surface area contributed by atoms with E-state index in [0.29, 0.717) is 18.9 Å². The van der Waals surface area contributed by atoms with Gasteiger partial charge in [-0.3, -0.25) is 4.79 Å². The number of carbonyl (C=O) groups is 1. The molecule has 0 bridgehead atoms. The third kappa shape index (κ3) is 5.66. The molecule has 0 aromatic carbocycles. The summed E-state index contributed by atoms with van der Waals surface area (Å²) in [7, 11) is 4.04. The number of thiol groups is 1. The van der Waals surface area contributed by atoms with E-state index in [1.807, 2.05) is 19.0 Å². The van der Waals surface area contributed by atoms with E-state index in [4.69, 9.17) is 4.42 Å². The fraction of sp³-hybridized carbons (Fsp3) is 0.526. The number of allylic oxidation sites excluding steroid dienone is 2. The Morgan fingerprint density at radius 1 is 1.28 bits per heavy atom. The molecule has 3 rings (SSSR count). The molecule has 0 atom stereocenters. The Kier molecular flexibility index (Phi) is 7.66. The molecular weight excluding hydrogens is 356 g/mol. The van der Waals surface area contributed by atoms with Gasteiger partial charge in [0, 0.05) is 31.5 Å². The molecule has 4 nitrogen and oxygen atoms in total. The summed E-state index contributed by atoms with van der Waals surface area (Å²) in [6.07, 6.45) is 7.93. The van der Waals surface area contributed by atoms with Crippen LogP contribution in [0.4, 0.5) is 0 Å². The number of hydrogen-bond donors (Lipinski definition) is 1. The summed E-state index contributed by atoms with van der Waals surface area (Å²) in [5.41, 5.74) is 1.19. The number of nitrogens with zero attached hydrogens (tertiary/aromatic N) is 2. The van der Waals surface area contributed by atoms with Crippen LogP contribution in [0.1, 0.15) is 36.3 Å². The number of carbonyl (C=O) groups excluding carboxylic acids is 1. The highest BCUT2D eigenvalue weighted by Gasteiger charge is 2.23. The van der Waals surface area contributed by atoms with Crippen LogP contribution in [-0.2, 0) is 24.3 Å². The number of halogens is 1. The normalized spacial score (nSPS) is 17.1. The smallest absolute Gasteiger partial charge is 0.222 e. The number of unbranched alkanes of at least 4 members (excludes halogenated alkanes) is 1. The van der Waals surface area contributed by atoms with Crippen molar-refractivity contribution >= 4 is 29.2 Å². The third-order valence-corrected chi connectivity index (χ3v) is 6.41. The standard InChI is InChI=1S/C19H28N2O2S.ClH/c1-20(2)15-17-13-16-14-21(9-8-18(16)23-17)19(22)7-3-4-10-24-11-5-6-12-24;/h5-6,11-13,24H,3-4,7-10,14-15H2,1-2H3;1H. The van der Waals surface area contributed by atoms with Crippen LogP contribution in [0.3, 0.4) is 0 Å². The van der Waals surface area contributed by atoms with Gasteiger partial charge in [0.15, 0.2) is 0 Å². The Morgan fingerprint density at radius 3 is 2.76 bits per heavy atom. The quantitative estimate of drug-likeness (QED) is 0.572. The predicted molar refractivity (Wildman–Crippen MR) is 108 cm³/mol. The second-order valence-electron chi connectivity index (χ2n) is 6.84. The summed E-state index contributed by atoms with van der Waals surface area (Å²) in [5.74, 6) is 3.58. The summed E-state index contributed by atoms with van der Waals surface area (Å²) >= 11 is 0. The molecule has 0 fully saturated rings. The molecule has 1 aromatic heterocycles. The average molecular weight is 385 g/mol. The van der Waals surface area contributed by atoms with Gasteiger partial charge in [-0.1, -0.05) is 12.2 Å². The Morgan fingerprint density at radius 2 is 2.04 bits per heavy atom. The van der Waals surface area contributed by atoms with Crippen molar-refractivity contribution in [2.45, 2.75) is 38.8 Å². The van der Waals surface area contributed by atoms with Gasteiger partial charge >= 0.3 is 0 Å². The van der Waals surface area contributed by atoms with E-state index in [2.05, 4.69) is 33.9 Å². The van der Waals surface area contributed by atoms with E-state index in [0.717, 1.165) is 43.9 Å². The van der Waals surface area contributed by atoms with E-state index < -0.39 is 0 Å². The molecular formula is C19H29ClN2O2S. The van der Waals surface area contributed by atoms with Crippen molar-refractivity contribution in [3.63, 3.8) is 0 Å². The van der Waals surface area contributed by atoms with Gasteiger partial charge in [0.25, 0.3) is 0 Å². The Labute approximate surface area is 159 Å². The highest BCUT2D eigenvalue weighted by molar-refractivity contribution is 8.22. The van der Waals surface area contributed by atoms with Crippen LogP contribution in [-0.4, -0.2) is 42.1 Å². The van der Waals surface area contributed by atoms with Gasteiger partial charge in [0.05, 0.1) is 6.54 Å². The topological polar surface area (TPSA) is 36.7 Å². The van der Waals surface area contributed by atoms with Crippen LogP contribution in [0.5, 0.6) is 0 Å². The maximum atomic E-state index is 12.5. The molecule has 25 heavy (non-hydrogen) atoms. The van der Waals surface area contributed by atoms with Crippen LogP contribution in [0.2, 0.25) is 0 Å². The maximum Gasteiger partial charge on any atom is 0.222 e. The van der Waals surface area contributed by atoms with Crippen LogP contribution >= 0.6 is 23.3 Å². The molecule has 0 saturated carbocycles. The van der Waals surface area contributed by atoms with Gasteiger partial charge in [-0.05, 0) is 49.6 Å². The highest BCUT2D eigenvalue weighted by atomic mass is 35.5. The van der Waals surface area contributed by atoms with Crippen LogP contribution in [0, 0.1) is 0 Å². The first-order valence-electron chi connectivity index (χ1n) is 8.75. The minimum absolute atomic E-state index is 0. The van der Waals surface area contributed by atoms with E-state index in [1.165, 1.54) is 11.3 Å². The summed E-state index contributed by atoms with van der Waals surface area (Å²) in [4.78, 5) is 16.6. The molecule has 0 N–H and O–H groups in total. The van der Waals surface area contributed by atoms with Crippen molar-refractivity contribution in [3.8, 4) is 0 Å². The highest BCUT2D eigenvalue weighted by Crippen LogP contribution is 2.33. The molecule has 0 spiro atoms. The van der Waals surface area contributed by atoms with Gasteiger partial charge in [0.2, 0.25) is 5.91 Å². The van der Waals surface area contributed by atoms with Crippen molar-refractivity contribution in [3.05, 3.63) is 46.1 Å². The van der Waals surface area contributed by atoms with Gasteiger partial charge in [-0.25, -0.2) is 10.9 Å². The molecule has 2 aliphatic heterocycles. The fourth-order valence-electron chi connectivity index (χ4n) is 3.25. The molecule has 6 heteroatoms. The van der Waals surface area contributed by atoms with E-state index in [-0.39, 0.29) is 23.3 Å². The summed E-state index contributed by atoms with van der Waals surface area (Å²) in [6.45, 7) is 2.31. The Hall–Kier alpha value is -1.17. The van der Waals surface area contributed by atoms with Crippen LogP contribution < -0.4 is 0 Å². The molecule has 0 aliphatic carbocycles. The summed E-state index contributed by atoms with van der Waals surface area (Å²) in [6, 6.07) is 2.12. The zero-order valence-electron chi connectivity index (χ0n) is 15.1. The summed E-state index contributed by atoms with van der Waals surface area (Å²) in [5, 5.41) is 4.60. The van der Waals surface area contributed by atoms with E-state index >= 15 is 0 Å². The first-order chi connectivity index (χ1) is 11.6. The molecule has 1 aromatic rings. The molecule has 1 amide bonds. The molecule has 0 saturated heterocycles. The second-order valence-corrected chi connectivity index (χ2v) is 8.91. The minimum Gasteiger partial charge on any atom is -0.464 e. The SMILES string of the molecule is CN(C)Cc1cc2c(o1)CCN(C(=O)CCCC[SH]1C=CC=C1)C2.Cl. The number of hydrogen-bond acceptors (Lipinski definition) is 3. The van der Waals surface area contributed by atoms with Crippen molar-refractivity contribution in [1.29, 1.82) is 0 Å². The lowest BCUT2D eigenvalue weighted by Crippen LogP contribution is -2.35. The van der Waals surface area contributed by atoms with Crippen molar-refractivity contribution < 1.29 is 9.21 Å². The number of amides is 1. The third-order valence-electron chi connectivity index (χ3n) is 4.47. The van der Waals surface area contributed by atoms with Gasteiger partial charge in [-0.2, -0.15) is 0 Å². The largest absolute Gasteiger partial charge is 0.464 e. The van der Waals surface area contributed by atoms with Crippen LogP contribution in [0.15, 0.2) is 33.5 Å². The number of furan rings is 1. The van der Waals surface area contributed by atoms with E-state index in [1.54, 1.807) is 0 Å². The molecule has 3 heterocycles. The zero-order valence-corrected chi connectivity index (χ0v) is 16.8. The molecule has 2 aliphatic rings. The molecule has 140 valence electrons. The molecule has 0 radical (unpaired) electrons. The Bertz CT molecular complexity index is 627. The average Bonchev–Trinajstić information content (AvgIpc) is 3.18. The lowest BCUT2D eigenvalue weighted by molar-refractivity contribution is -0.132. The number of fused-ring (bicyclic) bond motifs is 1. The van der Waals surface area contributed by atoms with Gasteiger partial charge in [-0.15, -0.1) is 12.4 Å². The second kappa shape index (κ2) is 9.51. The van der Waals surface area contributed by atoms with Gasteiger partial charge < -0.3 is 14.2 Å². The lowest BCUT2D eigenvalue weighted by Gasteiger charge is -2.26. The number of rotatable bonds is 7. The zero-order chi connectivity index (χ0) is 16.9. The first kappa shape index (κ1) is 20.1. The fourth-order valence-corrected chi connectivity index (χ4v) is 4.87. The Balaban J connectivity index is 0.00000225. The van der Waals surface area contributed by atoms with Crippen molar-refractivity contribution in [1.82, 2.24) is 9.80 Å². The van der Waals surface area contributed by atoms with Crippen LogP contribution in [0.25, 0.3) is 0 Å². The van der Waals surface area contributed by atoms with E-state index in [9.17, 15) is 4.79 Å². The van der Waals surface area contributed by atoms with Gasteiger partial charge in [0.1, 0.15) is 11.5 Å².